The summed E-state index contributed by atoms with van der Waals surface area (Å²) in [7, 11) is 1.95. The molecule has 2 aromatic heterocycles. The molecule has 3 aliphatic rings. The van der Waals surface area contributed by atoms with E-state index in [4.69, 9.17) is 5.10 Å². The molecule has 4 heterocycles. The molecule has 0 unspecified atom stereocenters. The molecule has 0 saturated heterocycles. The summed E-state index contributed by atoms with van der Waals surface area (Å²) in [5, 5.41) is 9.62. The fraction of sp³-hybridized carbons (Fsp3) is 0.500. The number of aryl methyl sites for hydroxylation is 3. The van der Waals surface area contributed by atoms with E-state index in [1.54, 1.807) is 6.92 Å². The first-order valence-electron chi connectivity index (χ1n) is 13.2. The Hall–Kier alpha value is -3.42. The molecule has 3 aromatic rings. The summed E-state index contributed by atoms with van der Waals surface area (Å²) in [6.45, 7) is 6.06. The summed E-state index contributed by atoms with van der Waals surface area (Å²) >= 11 is 0. The number of Topliss-reactive ketones (excluding diaryl/α,β-unsaturated/α-hetero) is 1. The fourth-order valence-corrected chi connectivity index (χ4v) is 6.21. The molecule has 36 heavy (non-hydrogen) atoms. The van der Waals surface area contributed by atoms with Crippen LogP contribution in [0.4, 0.5) is 11.5 Å². The molecule has 188 valence electrons. The van der Waals surface area contributed by atoms with Gasteiger partial charge in [0.1, 0.15) is 5.78 Å². The highest BCUT2D eigenvalue weighted by molar-refractivity contribution is 5.79. The van der Waals surface area contributed by atoms with Gasteiger partial charge >= 0.3 is 0 Å². The number of hydrogen-bond donors (Lipinski definition) is 0. The quantitative estimate of drug-likeness (QED) is 0.553. The van der Waals surface area contributed by atoms with Crippen LogP contribution >= 0.6 is 0 Å². The maximum absolute atomic E-state index is 12.3. The van der Waals surface area contributed by atoms with Crippen LogP contribution in [0, 0.1) is 6.92 Å². The van der Waals surface area contributed by atoms with E-state index in [1.807, 2.05) is 22.8 Å². The highest BCUT2D eigenvalue weighted by atomic mass is 16.2. The van der Waals surface area contributed by atoms with Crippen molar-refractivity contribution in [1.82, 2.24) is 24.5 Å². The Morgan fingerprint density at radius 2 is 1.89 bits per heavy atom. The van der Waals surface area contributed by atoms with Crippen LogP contribution in [0.15, 0.2) is 24.5 Å². The lowest BCUT2D eigenvalue weighted by Gasteiger charge is -2.33. The number of fused-ring (bicyclic) bond motifs is 2. The minimum absolute atomic E-state index is 0.110. The van der Waals surface area contributed by atoms with E-state index >= 15 is 0 Å². The molecule has 1 fully saturated rings. The summed E-state index contributed by atoms with van der Waals surface area (Å²) in [5.41, 5.74) is 8.56. The molecule has 1 aromatic carbocycles. The summed E-state index contributed by atoms with van der Waals surface area (Å²) in [6, 6.07) is 4.88. The number of amides is 1. The van der Waals surface area contributed by atoms with Gasteiger partial charge in [0.05, 0.1) is 18.8 Å². The zero-order chi connectivity index (χ0) is 25.0. The van der Waals surface area contributed by atoms with E-state index in [2.05, 4.69) is 39.9 Å². The van der Waals surface area contributed by atoms with Gasteiger partial charge in [-0.3, -0.25) is 19.0 Å². The van der Waals surface area contributed by atoms with Crippen LogP contribution < -0.4 is 4.90 Å². The Morgan fingerprint density at radius 3 is 2.61 bits per heavy atom. The molecule has 1 amide bonds. The Labute approximate surface area is 211 Å². The number of ketones is 1. The molecule has 2 aliphatic heterocycles. The zero-order valence-corrected chi connectivity index (χ0v) is 21.5. The average Bonchev–Trinajstić information content (AvgIpc) is 3.47. The maximum atomic E-state index is 12.3. The van der Waals surface area contributed by atoms with Crippen molar-refractivity contribution in [1.29, 1.82) is 0 Å². The average molecular weight is 487 g/mol. The van der Waals surface area contributed by atoms with Crippen molar-refractivity contribution in [3.63, 3.8) is 0 Å². The molecule has 6 rings (SSSR count). The third-order valence-corrected chi connectivity index (χ3v) is 8.18. The van der Waals surface area contributed by atoms with Crippen LogP contribution in [0.5, 0.6) is 0 Å². The van der Waals surface area contributed by atoms with E-state index in [0.717, 1.165) is 56.6 Å². The summed E-state index contributed by atoms with van der Waals surface area (Å²) in [5.74, 6) is 1.46. The van der Waals surface area contributed by atoms with E-state index in [-0.39, 0.29) is 11.9 Å². The van der Waals surface area contributed by atoms with Crippen molar-refractivity contribution in [3.05, 3.63) is 46.9 Å². The van der Waals surface area contributed by atoms with Gasteiger partial charge < -0.3 is 9.80 Å². The Morgan fingerprint density at radius 1 is 1.08 bits per heavy atom. The molecular weight excluding hydrogens is 452 g/mol. The first-order chi connectivity index (χ1) is 17.4. The SMILES string of the molecule is CC(=O)N1CCc2c(c(N3CCCc4cc(-c5cnn(C)c5)c(C)cc43)nn2C2CCC(=O)CC2)C1. The molecule has 8 nitrogen and oxygen atoms in total. The molecule has 0 bridgehead atoms. The van der Waals surface area contributed by atoms with Crippen LogP contribution in [-0.2, 0) is 36.0 Å². The number of hydrogen-bond acceptors (Lipinski definition) is 5. The number of nitrogens with zero attached hydrogens (tertiary/aromatic N) is 6. The van der Waals surface area contributed by atoms with Crippen LogP contribution in [0.2, 0.25) is 0 Å². The third-order valence-electron chi connectivity index (χ3n) is 8.18. The summed E-state index contributed by atoms with van der Waals surface area (Å²) in [4.78, 5) is 28.5. The van der Waals surface area contributed by atoms with Crippen molar-refractivity contribution in [2.45, 2.75) is 71.4 Å². The number of aromatic nitrogens is 4. The zero-order valence-electron chi connectivity index (χ0n) is 21.5. The minimum Gasteiger partial charge on any atom is -0.338 e. The standard InChI is InChI=1S/C28H34N6O2/c1-18-13-27-20(14-24(18)21-15-29-31(3)16-21)5-4-11-33(27)28-25-17-32(19(2)35)12-10-26(25)34(30-28)22-6-8-23(36)9-7-22/h13-16,22H,4-12,17H2,1-3H3. The van der Waals surface area contributed by atoms with Crippen molar-refractivity contribution >= 4 is 23.2 Å². The largest absolute Gasteiger partial charge is 0.338 e. The fourth-order valence-electron chi connectivity index (χ4n) is 6.21. The van der Waals surface area contributed by atoms with Gasteiger partial charge in [0, 0.05) is 75.0 Å². The van der Waals surface area contributed by atoms with Crippen LogP contribution in [-0.4, -0.2) is 49.2 Å². The van der Waals surface area contributed by atoms with Crippen LogP contribution in [0.3, 0.4) is 0 Å². The molecule has 0 atom stereocenters. The third kappa shape index (κ3) is 3.92. The van der Waals surface area contributed by atoms with Gasteiger partial charge in [-0.05, 0) is 61.4 Å². The molecule has 1 aliphatic carbocycles. The van der Waals surface area contributed by atoms with Crippen molar-refractivity contribution < 1.29 is 9.59 Å². The topological polar surface area (TPSA) is 76.3 Å². The second-order valence-corrected chi connectivity index (χ2v) is 10.6. The van der Waals surface area contributed by atoms with Gasteiger partial charge in [-0.25, -0.2) is 0 Å². The van der Waals surface area contributed by atoms with Crippen LogP contribution in [0.1, 0.15) is 67.5 Å². The normalized spacial score (nSPS) is 18.4. The lowest BCUT2D eigenvalue weighted by Crippen LogP contribution is -2.36. The predicted molar refractivity (Wildman–Crippen MR) is 138 cm³/mol. The molecule has 8 heteroatoms. The van der Waals surface area contributed by atoms with E-state index in [9.17, 15) is 9.59 Å². The van der Waals surface area contributed by atoms with Crippen molar-refractivity contribution in [2.75, 3.05) is 18.0 Å². The van der Waals surface area contributed by atoms with Crippen LogP contribution in [0.25, 0.3) is 11.1 Å². The second-order valence-electron chi connectivity index (χ2n) is 10.6. The Balaban J connectivity index is 1.43. The summed E-state index contributed by atoms with van der Waals surface area (Å²) < 4.78 is 4.07. The van der Waals surface area contributed by atoms with Gasteiger partial charge in [-0.1, -0.05) is 0 Å². The number of carbonyl (C=O) groups is 2. The molecular formula is C28H34N6O2. The Kier molecular flexibility index (Phi) is 5.69. The number of rotatable bonds is 3. The number of carbonyl (C=O) groups excluding carboxylic acids is 2. The van der Waals surface area contributed by atoms with Crippen molar-refractivity contribution in [2.24, 2.45) is 7.05 Å². The maximum Gasteiger partial charge on any atom is 0.219 e. The smallest absolute Gasteiger partial charge is 0.219 e. The molecule has 1 saturated carbocycles. The highest BCUT2D eigenvalue weighted by Crippen LogP contribution is 2.42. The van der Waals surface area contributed by atoms with E-state index in [1.165, 1.54) is 33.6 Å². The second kappa shape index (κ2) is 8.91. The Bertz CT molecular complexity index is 1340. The minimum atomic E-state index is 0.110. The lowest BCUT2D eigenvalue weighted by atomic mass is 9.93. The first kappa shape index (κ1) is 23.0. The molecule has 0 radical (unpaired) electrons. The molecule has 0 spiro atoms. The van der Waals surface area contributed by atoms with Gasteiger partial charge in [0.25, 0.3) is 0 Å². The van der Waals surface area contributed by atoms with Crippen molar-refractivity contribution in [3.8, 4) is 11.1 Å². The summed E-state index contributed by atoms with van der Waals surface area (Å²) in [6.07, 6.45) is 9.88. The number of anilines is 2. The van der Waals surface area contributed by atoms with E-state index < -0.39 is 0 Å². The predicted octanol–water partition coefficient (Wildman–Crippen LogP) is 4.27. The highest BCUT2D eigenvalue weighted by Gasteiger charge is 2.34. The number of benzene rings is 1. The van der Waals surface area contributed by atoms with Gasteiger partial charge in [0.2, 0.25) is 5.91 Å². The van der Waals surface area contributed by atoms with Gasteiger partial charge in [-0.15, -0.1) is 0 Å². The van der Waals surface area contributed by atoms with Gasteiger partial charge in [0.15, 0.2) is 5.82 Å². The lowest BCUT2D eigenvalue weighted by molar-refractivity contribution is -0.129. The van der Waals surface area contributed by atoms with E-state index in [0.29, 0.717) is 25.2 Å². The van der Waals surface area contributed by atoms with Gasteiger partial charge in [-0.2, -0.15) is 10.2 Å². The monoisotopic (exact) mass is 486 g/mol. The first-order valence-corrected chi connectivity index (χ1v) is 13.2. The molecule has 0 N–H and O–H groups in total.